The van der Waals surface area contributed by atoms with Crippen LogP contribution in [0, 0.1) is 33.5 Å². The quantitative estimate of drug-likeness (QED) is 0.715. The van der Waals surface area contributed by atoms with Crippen LogP contribution in [0.1, 0.15) is 79.1 Å². The Kier molecular flexibility index (Phi) is 4.07. The number of carboxylic acid groups (broad SMARTS) is 1. The fourth-order valence-corrected chi connectivity index (χ4v) is 8.38. The molecule has 152 valence electrons. The lowest BCUT2D eigenvalue weighted by molar-refractivity contribution is -0.235. The maximum absolute atomic E-state index is 12.2. The number of ether oxygens (including phenoxy) is 1. The van der Waals surface area contributed by atoms with Gasteiger partial charge in [0, 0.05) is 18.3 Å². The van der Waals surface area contributed by atoms with E-state index in [1.165, 1.54) is 6.92 Å². The summed E-state index contributed by atoms with van der Waals surface area (Å²) in [6.07, 6.45) is 6.35. The lowest BCUT2D eigenvalue weighted by Crippen LogP contribution is -2.66. The van der Waals surface area contributed by atoms with Crippen LogP contribution in [0.25, 0.3) is 0 Å². The van der Waals surface area contributed by atoms with E-state index in [2.05, 4.69) is 13.8 Å². The number of aliphatic hydroxyl groups is 1. The first-order valence-corrected chi connectivity index (χ1v) is 10.6. The van der Waals surface area contributed by atoms with E-state index in [0.717, 1.165) is 38.5 Å². The zero-order valence-electron chi connectivity index (χ0n) is 17.1. The van der Waals surface area contributed by atoms with Gasteiger partial charge in [-0.3, -0.25) is 9.59 Å². The minimum Gasteiger partial charge on any atom is -0.481 e. The fourth-order valence-electron chi connectivity index (χ4n) is 8.38. The van der Waals surface area contributed by atoms with E-state index in [0.29, 0.717) is 18.8 Å². The van der Waals surface area contributed by atoms with Crippen molar-refractivity contribution in [2.24, 2.45) is 33.5 Å². The molecule has 0 heterocycles. The van der Waals surface area contributed by atoms with Gasteiger partial charge >= 0.3 is 11.9 Å². The summed E-state index contributed by atoms with van der Waals surface area (Å²) in [5.74, 6) is -0.899. The van der Waals surface area contributed by atoms with Gasteiger partial charge in [-0.25, -0.2) is 0 Å². The Morgan fingerprint density at radius 1 is 1.04 bits per heavy atom. The molecule has 2 N–H and O–H groups in total. The van der Waals surface area contributed by atoms with Gasteiger partial charge in [0.2, 0.25) is 0 Å². The van der Waals surface area contributed by atoms with Gasteiger partial charge < -0.3 is 14.9 Å². The predicted molar refractivity (Wildman–Crippen MR) is 99.9 cm³/mol. The first-order chi connectivity index (χ1) is 12.5. The summed E-state index contributed by atoms with van der Waals surface area (Å²) in [6, 6.07) is 0. The second-order valence-corrected chi connectivity index (χ2v) is 10.8. The molecular weight excluding hydrogens is 344 g/mol. The Labute approximate surface area is 161 Å². The van der Waals surface area contributed by atoms with Gasteiger partial charge in [0.15, 0.2) is 0 Å². The van der Waals surface area contributed by atoms with Crippen molar-refractivity contribution in [2.45, 2.75) is 91.3 Å². The van der Waals surface area contributed by atoms with Crippen molar-refractivity contribution in [1.29, 1.82) is 0 Å². The van der Waals surface area contributed by atoms with Gasteiger partial charge in [-0.1, -0.05) is 20.3 Å². The molecule has 0 aromatic carbocycles. The number of aliphatic carboxylic acids is 1. The Bertz CT molecular complexity index is 676. The normalized spacial score (nSPS) is 54.0. The first kappa shape index (κ1) is 19.2. The van der Waals surface area contributed by atoms with E-state index in [1.807, 2.05) is 6.92 Å². The van der Waals surface area contributed by atoms with Crippen molar-refractivity contribution in [1.82, 2.24) is 0 Å². The maximum atomic E-state index is 12.2. The highest BCUT2D eigenvalue weighted by atomic mass is 16.5. The summed E-state index contributed by atoms with van der Waals surface area (Å²) in [5.41, 5.74) is -1.02. The van der Waals surface area contributed by atoms with Gasteiger partial charge in [0.05, 0.1) is 11.5 Å². The van der Waals surface area contributed by atoms with Crippen molar-refractivity contribution in [3.8, 4) is 0 Å². The standard InChI is InChI=1S/C22H34O5/c1-13(23)27-16-11-14-10-15(24)17-20(3,18(25)26)6-5-7-21(17,4)22(14)9-8-19(16,2)12-22/h14-17,24H,5-12H2,1-4H3,(H,25,26)/t14-,15+,16-,17-,19-,20+,21-,22-/m0/s1. The topological polar surface area (TPSA) is 83.8 Å². The van der Waals surface area contributed by atoms with Crippen LogP contribution in [0.3, 0.4) is 0 Å². The highest BCUT2D eigenvalue weighted by Crippen LogP contribution is 2.76. The average molecular weight is 379 g/mol. The summed E-state index contributed by atoms with van der Waals surface area (Å²) >= 11 is 0. The van der Waals surface area contributed by atoms with Gasteiger partial charge in [0.25, 0.3) is 0 Å². The van der Waals surface area contributed by atoms with E-state index < -0.39 is 17.5 Å². The third kappa shape index (κ3) is 2.33. The number of carbonyl (C=O) groups excluding carboxylic acids is 1. The molecule has 4 rings (SSSR count). The molecule has 0 aromatic heterocycles. The van der Waals surface area contributed by atoms with Gasteiger partial charge in [-0.05, 0) is 68.6 Å². The van der Waals surface area contributed by atoms with E-state index >= 15 is 0 Å². The van der Waals surface area contributed by atoms with E-state index in [1.54, 1.807) is 0 Å². The molecule has 27 heavy (non-hydrogen) atoms. The van der Waals surface area contributed by atoms with Crippen LogP contribution in [0.5, 0.6) is 0 Å². The molecule has 5 heteroatoms. The number of hydrogen-bond acceptors (Lipinski definition) is 4. The number of fused-ring (bicyclic) bond motifs is 2. The molecular formula is C22H34O5. The van der Waals surface area contributed by atoms with Crippen LogP contribution in [-0.2, 0) is 14.3 Å². The first-order valence-electron chi connectivity index (χ1n) is 10.6. The molecule has 2 bridgehead atoms. The Morgan fingerprint density at radius 2 is 1.74 bits per heavy atom. The van der Waals surface area contributed by atoms with Gasteiger partial charge in [-0.2, -0.15) is 0 Å². The lowest BCUT2D eigenvalue weighted by atomic mass is 9.37. The summed E-state index contributed by atoms with van der Waals surface area (Å²) < 4.78 is 5.74. The van der Waals surface area contributed by atoms with Crippen LogP contribution < -0.4 is 0 Å². The molecule has 0 unspecified atom stereocenters. The molecule has 4 aliphatic rings. The maximum Gasteiger partial charge on any atom is 0.309 e. The molecule has 0 aliphatic heterocycles. The summed E-state index contributed by atoms with van der Waals surface area (Å²) in [4.78, 5) is 23.9. The molecule has 4 aliphatic carbocycles. The Hall–Kier alpha value is -1.10. The molecule has 8 atom stereocenters. The van der Waals surface area contributed by atoms with Crippen LogP contribution >= 0.6 is 0 Å². The number of carbonyl (C=O) groups is 2. The molecule has 0 aromatic rings. The highest BCUT2D eigenvalue weighted by molar-refractivity contribution is 5.75. The molecule has 5 nitrogen and oxygen atoms in total. The van der Waals surface area contributed by atoms with Crippen molar-refractivity contribution in [3.63, 3.8) is 0 Å². The number of esters is 1. The van der Waals surface area contributed by atoms with E-state index in [-0.39, 0.29) is 34.2 Å². The smallest absolute Gasteiger partial charge is 0.309 e. The summed E-state index contributed by atoms with van der Waals surface area (Å²) in [5, 5.41) is 21.2. The van der Waals surface area contributed by atoms with Crippen LogP contribution in [0.2, 0.25) is 0 Å². The molecule has 4 saturated carbocycles. The van der Waals surface area contributed by atoms with Crippen LogP contribution in [0.4, 0.5) is 0 Å². The van der Waals surface area contributed by atoms with Crippen molar-refractivity contribution < 1.29 is 24.5 Å². The molecule has 0 amide bonds. The average Bonchev–Trinajstić information content (AvgIpc) is 2.87. The molecule has 0 radical (unpaired) electrons. The highest BCUT2D eigenvalue weighted by Gasteiger charge is 2.72. The third-order valence-electron chi connectivity index (χ3n) is 9.53. The number of rotatable bonds is 2. The number of aliphatic hydroxyl groups excluding tert-OH is 1. The largest absolute Gasteiger partial charge is 0.481 e. The molecule has 0 saturated heterocycles. The zero-order valence-corrected chi connectivity index (χ0v) is 17.1. The SMILES string of the molecule is CC(=O)O[C@H]1C[C@@H]2C[C@@H](O)[C@H]3[C@](C)(C(=O)O)CCC[C@]3(C)[C@]23CC[C@@]1(C)C3. The molecule has 4 fully saturated rings. The minimum atomic E-state index is -0.863. The Morgan fingerprint density at radius 3 is 2.37 bits per heavy atom. The zero-order chi connectivity index (χ0) is 19.8. The predicted octanol–water partition coefficient (Wildman–Crippen LogP) is 3.78. The minimum absolute atomic E-state index is 0.0326. The lowest BCUT2D eigenvalue weighted by Gasteiger charge is -2.67. The monoisotopic (exact) mass is 378 g/mol. The van der Waals surface area contributed by atoms with Crippen molar-refractivity contribution in [3.05, 3.63) is 0 Å². The van der Waals surface area contributed by atoms with Crippen molar-refractivity contribution >= 4 is 11.9 Å². The van der Waals surface area contributed by atoms with Gasteiger partial charge in [0.1, 0.15) is 6.10 Å². The van der Waals surface area contributed by atoms with Crippen LogP contribution in [-0.4, -0.2) is 34.4 Å². The van der Waals surface area contributed by atoms with E-state index in [4.69, 9.17) is 4.74 Å². The number of hydrogen-bond donors (Lipinski definition) is 2. The second-order valence-electron chi connectivity index (χ2n) is 10.8. The Balaban J connectivity index is 1.78. The third-order valence-corrected chi connectivity index (χ3v) is 9.53. The van der Waals surface area contributed by atoms with Gasteiger partial charge in [-0.15, -0.1) is 0 Å². The molecule has 1 spiro atoms. The number of carboxylic acids is 1. The summed E-state index contributed by atoms with van der Waals surface area (Å²) in [6.45, 7) is 7.85. The van der Waals surface area contributed by atoms with Crippen molar-refractivity contribution in [2.75, 3.05) is 0 Å². The fraction of sp³-hybridized carbons (Fsp3) is 0.909. The summed E-state index contributed by atoms with van der Waals surface area (Å²) in [7, 11) is 0. The van der Waals surface area contributed by atoms with E-state index in [9.17, 15) is 19.8 Å². The second kappa shape index (κ2) is 5.71. The van der Waals surface area contributed by atoms with Crippen LogP contribution in [0.15, 0.2) is 0 Å².